The summed E-state index contributed by atoms with van der Waals surface area (Å²) in [5, 5.41) is 0.510. The quantitative estimate of drug-likeness (QED) is 0.759. The Bertz CT molecular complexity index is 759. The lowest BCUT2D eigenvalue weighted by Crippen LogP contribution is -2.51. The first-order chi connectivity index (χ1) is 12.8. The molecule has 2 heterocycles. The minimum atomic E-state index is -3.53. The van der Waals surface area contributed by atoms with Crippen LogP contribution >= 0.6 is 11.6 Å². The molecule has 2 aliphatic heterocycles. The minimum Gasteiger partial charge on any atom is -0.341 e. The van der Waals surface area contributed by atoms with Gasteiger partial charge in [0, 0.05) is 43.2 Å². The molecule has 2 aliphatic rings. The first-order valence-electron chi connectivity index (χ1n) is 9.50. The van der Waals surface area contributed by atoms with Crippen LogP contribution < -0.4 is 0 Å². The maximum atomic E-state index is 12.9. The summed E-state index contributed by atoms with van der Waals surface area (Å²) in [6.45, 7) is 2.35. The highest BCUT2D eigenvalue weighted by molar-refractivity contribution is 7.89. The number of amides is 1. The Morgan fingerprint density at radius 1 is 1.07 bits per heavy atom. The van der Waals surface area contributed by atoms with E-state index in [1.54, 1.807) is 12.1 Å². The lowest BCUT2D eigenvalue weighted by molar-refractivity contribution is -0.138. The number of benzene rings is 1. The van der Waals surface area contributed by atoms with Gasteiger partial charge in [-0.1, -0.05) is 11.6 Å². The number of nitrogens with zero attached hydrogens (tertiary/aromatic N) is 3. The number of likely N-dealkylation sites (tertiary alicyclic amines) is 1. The third kappa shape index (κ3) is 4.65. The lowest BCUT2D eigenvalue weighted by Gasteiger charge is -2.39. The highest BCUT2D eigenvalue weighted by Crippen LogP contribution is 2.27. The lowest BCUT2D eigenvalue weighted by atomic mass is 9.94. The zero-order valence-corrected chi connectivity index (χ0v) is 17.5. The Hall–Kier alpha value is -1.15. The first-order valence-corrected chi connectivity index (χ1v) is 11.3. The van der Waals surface area contributed by atoms with E-state index in [-0.39, 0.29) is 16.7 Å². The number of carbonyl (C=O) groups is 1. The molecule has 2 saturated heterocycles. The van der Waals surface area contributed by atoms with Crippen LogP contribution in [-0.2, 0) is 14.8 Å². The fourth-order valence-electron chi connectivity index (χ4n) is 3.93. The molecule has 3 rings (SSSR count). The summed E-state index contributed by atoms with van der Waals surface area (Å²) < 4.78 is 27.0. The van der Waals surface area contributed by atoms with Crippen molar-refractivity contribution in [3.8, 4) is 0 Å². The molecular weight excluding hydrogens is 386 g/mol. The number of sulfonamides is 1. The Balaban J connectivity index is 1.60. The van der Waals surface area contributed by atoms with Crippen LogP contribution in [0.4, 0.5) is 0 Å². The van der Waals surface area contributed by atoms with Crippen molar-refractivity contribution in [1.82, 2.24) is 14.1 Å². The molecule has 0 saturated carbocycles. The second-order valence-corrected chi connectivity index (χ2v) is 10.1. The minimum absolute atomic E-state index is 0.0809. The Morgan fingerprint density at radius 3 is 2.30 bits per heavy atom. The Labute approximate surface area is 167 Å². The van der Waals surface area contributed by atoms with E-state index in [1.807, 2.05) is 4.90 Å². The maximum absolute atomic E-state index is 12.9. The molecule has 0 bridgehead atoms. The molecule has 0 aromatic heterocycles. The normalized spacial score (nSPS) is 23.0. The van der Waals surface area contributed by atoms with Crippen LogP contribution in [0.3, 0.4) is 0 Å². The zero-order valence-electron chi connectivity index (χ0n) is 16.0. The predicted octanol–water partition coefficient (Wildman–Crippen LogP) is 2.29. The molecule has 2 fully saturated rings. The Morgan fingerprint density at radius 2 is 1.70 bits per heavy atom. The third-order valence-corrected chi connectivity index (χ3v) is 7.86. The number of carbonyl (C=O) groups excluding carboxylic acids is 1. The molecular formula is C19H28ClN3O3S. The van der Waals surface area contributed by atoms with Crippen LogP contribution in [0, 0.1) is 5.92 Å². The van der Waals surface area contributed by atoms with E-state index in [4.69, 9.17) is 11.6 Å². The molecule has 0 aliphatic carbocycles. The van der Waals surface area contributed by atoms with Gasteiger partial charge in [-0.15, -0.1) is 0 Å². The average Bonchev–Trinajstić information content (AvgIpc) is 2.68. The van der Waals surface area contributed by atoms with Crippen molar-refractivity contribution in [3.05, 3.63) is 29.3 Å². The summed E-state index contributed by atoms with van der Waals surface area (Å²) in [6.07, 6.45) is 3.30. The molecule has 0 spiro atoms. The van der Waals surface area contributed by atoms with Gasteiger partial charge in [-0.25, -0.2) is 8.42 Å². The van der Waals surface area contributed by atoms with Gasteiger partial charge in [0.1, 0.15) is 0 Å². The van der Waals surface area contributed by atoms with E-state index < -0.39 is 10.0 Å². The van der Waals surface area contributed by atoms with E-state index in [0.717, 1.165) is 25.9 Å². The number of piperidine rings is 2. The van der Waals surface area contributed by atoms with Gasteiger partial charge in [0.05, 0.1) is 4.90 Å². The number of likely N-dealkylation sites (N-methyl/N-ethyl adjacent to an activating group) is 1. The monoisotopic (exact) mass is 413 g/mol. The van der Waals surface area contributed by atoms with Crippen LogP contribution in [0.25, 0.3) is 0 Å². The smallest absolute Gasteiger partial charge is 0.243 e. The molecule has 1 aromatic carbocycles. The molecule has 8 heteroatoms. The number of halogens is 1. The topological polar surface area (TPSA) is 60.9 Å². The first kappa shape index (κ1) is 20.6. The van der Waals surface area contributed by atoms with Gasteiger partial charge in [-0.05, 0) is 64.0 Å². The summed E-state index contributed by atoms with van der Waals surface area (Å²) in [6, 6.07) is 6.64. The molecule has 1 atom stereocenters. The number of hydrogen-bond donors (Lipinski definition) is 0. The molecule has 6 nitrogen and oxygen atoms in total. The summed E-state index contributed by atoms with van der Waals surface area (Å²) >= 11 is 5.85. The van der Waals surface area contributed by atoms with Gasteiger partial charge in [0.15, 0.2) is 0 Å². The molecule has 0 radical (unpaired) electrons. The van der Waals surface area contributed by atoms with Gasteiger partial charge < -0.3 is 9.80 Å². The molecule has 1 unspecified atom stereocenters. The highest BCUT2D eigenvalue weighted by Gasteiger charge is 2.35. The molecule has 1 amide bonds. The van der Waals surface area contributed by atoms with Crippen molar-refractivity contribution in [3.63, 3.8) is 0 Å². The molecule has 0 N–H and O–H groups in total. The zero-order chi connectivity index (χ0) is 19.6. The SMILES string of the molecule is CN(C)C1CCCN(C(=O)C2CCN(S(=O)(=O)c3ccc(Cl)cc3)CC2)C1. The highest BCUT2D eigenvalue weighted by atomic mass is 35.5. The van der Waals surface area contributed by atoms with E-state index in [2.05, 4.69) is 19.0 Å². The van der Waals surface area contributed by atoms with Crippen molar-refractivity contribution < 1.29 is 13.2 Å². The summed E-state index contributed by atoms with van der Waals surface area (Å²) in [5.41, 5.74) is 0. The Kier molecular flexibility index (Phi) is 6.46. The summed E-state index contributed by atoms with van der Waals surface area (Å²) in [7, 11) is 0.579. The van der Waals surface area contributed by atoms with Crippen LogP contribution in [0.15, 0.2) is 29.2 Å². The van der Waals surface area contributed by atoms with Gasteiger partial charge in [-0.2, -0.15) is 4.31 Å². The summed E-state index contributed by atoms with van der Waals surface area (Å²) in [5.74, 6) is 0.104. The van der Waals surface area contributed by atoms with Crippen molar-refractivity contribution in [2.45, 2.75) is 36.6 Å². The molecule has 27 heavy (non-hydrogen) atoms. The van der Waals surface area contributed by atoms with E-state index in [9.17, 15) is 13.2 Å². The van der Waals surface area contributed by atoms with Gasteiger partial charge >= 0.3 is 0 Å². The second-order valence-electron chi connectivity index (χ2n) is 7.68. The fourth-order valence-corrected chi connectivity index (χ4v) is 5.53. The van der Waals surface area contributed by atoms with Crippen LogP contribution in [-0.4, -0.2) is 74.7 Å². The maximum Gasteiger partial charge on any atom is 0.243 e. The molecule has 150 valence electrons. The largest absolute Gasteiger partial charge is 0.341 e. The standard InChI is InChI=1S/C19H28ClN3O3S/c1-21(2)17-4-3-11-22(14-17)19(24)15-9-12-23(13-10-15)27(25,26)18-7-5-16(20)6-8-18/h5-8,15,17H,3-4,9-14H2,1-2H3. The summed E-state index contributed by atoms with van der Waals surface area (Å²) in [4.78, 5) is 17.3. The average molecular weight is 414 g/mol. The van der Waals surface area contributed by atoms with Crippen LogP contribution in [0.2, 0.25) is 5.02 Å². The van der Waals surface area contributed by atoms with Gasteiger partial charge in [-0.3, -0.25) is 4.79 Å². The van der Waals surface area contributed by atoms with E-state index in [1.165, 1.54) is 16.4 Å². The van der Waals surface area contributed by atoms with E-state index >= 15 is 0 Å². The fraction of sp³-hybridized carbons (Fsp3) is 0.632. The second kappa shape index (κ2) is 8.47. The third-order valence-electron chi connectivity index (χ3n) is 5.69. The van der Waals surface area contributed by atoms with Crippen molar-refractivity contribution >= 4 is 27.5 Å². The van der Waals surface area contributed by atoms with Gasteiger partial charge in [0.25, 0.3) is 0 Å². The van der Waals surface area contributed by atoms with Crippen molar-refractivity contribution in [2.75, 3.05) is 40.3 Å². The van der Waals surface area contributed by atoms with Gasteiger partial charge in [0.2, 0.25) is 15.9 Å². The number of hydrogen-bond acceptors (Lipinski definition) is 4. The van der Waals surface area contributed by atoms with E-state index in [0.29, 0.717) is 37.0 Å². The van der Waals surface area contributed by atoms with Crippen molar-refractivity contribution in [2.24, 2.45) is 5.92 Å². The predicted molar refractivity (Wildman–Crippen MR) is 106 cm³/mol. The van der Waals surface area contributed by atoms with Crippen LogP contribution in [0.5, 0.6) is 0 Å². The van der Waals surface area contributed by atoms with Crippen molar-refractivity contribution in [1.29, 1.82) is 0 Å². The molecule has 1 aromatic rings. The number of rotatable bonds is 4. The van der Waals surface area contributed by atoms with Crippen LogP contribution in [0.1, 0.15) is 25.7 Å².